The molecule has 0 fully saturated rings. The molecule has 68 heavy (non-hydrogen) atoms. The molecule has 0 aromatic heterocycles. The zero-order valence-electron chi connectivity index (χ0n) is 40.8. The summed E-state index contributed by atoms with van der Waals surface area (Å²) in [6.07, 6.45) is 20.8. The number of fused-ring (bicyclic) bond motifs is 2. The van der Waals surface area contributed by atoms with Crippen molar-refractivity contribution in [3.63, 3.8) is 0 Å². The van der Waals surface area contributed by atoms with Crippen molar-refractivity contribution in [3.8, 4) is 66.8 Å². The van der Waals surface area contributed by atoms with Gasteiger partial charge in [-0.1, -0.05) is 249 Å². The van der Waals surface area contributed by atoms with E-state index in [1.165, 1.54) is 189 Å². The summed E-state index contributed by atoms with van der Waals surface area (Å²) < 4.78 is 0. The first-order valence-electron chi connectivity index (χ1n) is 26.2. The normalized spacial score (nSPS) is 11.4. The second-order valence-electron chi connectivity index (χ2n) is 19.3. The summed E-state index contributed by atoms with van der Waals surface area (Å²) in [5.41, 5.74) is 17.8. The van der Waals surface area contributed by atoms with Crippen LogP contribution in [0.25, 0.3) is 88.3 Å². The summed E-state index contributed by atoms with van der Waals surface area (Å²) in [7, 11) is 0. The van der Waals surface area contributed by atoms with E-state index in [4.69, 9.17) is 0 Å². The maximum atomic E-state index is 2.54. The minimum Gasteiger partial charge on any atom is -0.0654 e. The summed E-state index contributed by atoms with van der Waals surface area (Å²) >= 11 is 0. The van der Waals surface area contributed by atoms with E-state index in [9.17, 15) is 0 Å². The Morgan fingerprint density at radius 1 is 0.221 bits per heavy atom. The summed E-state index contributed by atoms with van der Waals surface area (Å²) in [4.78, 5) is 0. The maximum absolute atomic E-state index is 2.54. The second kappa shape index (κ2) is 23.5. The average Bonchev–Trinajstić information content (AvgIpc) is 3.40. The van der Waals surface area contributed by atoms with Crippen molar-refractivity contribution in [2.45, 2.75) is 117 Å². The van der Waals surface area contributed by atoms with Crippen LogP contribution >= 0.6 is 0 Å². The fourth-order valence-electron chi connectivity index (χ4n) is 10.4. The largest absolute Gasteiger partial charge is 0.0654 e. The number of unbranched alkanes of at least 4 members (excludes halogenated alkanes) is 12. The Morgan fingerprint density at radius 2 is 0.485 bits per heavy atom. The highest BCUT2D eigenvalue weighted by atomic mass is 14.2. The number of hydrogen-bond acceptors (Lipinski definition) is 0. The molecule has 0 nitrogen and oxygen atoms in total. The number of rotatable bonds is 22. The van der Waals surface area contributed by atoms with Gasteiger partial charge in [0.15, 0.2) is 0 Å². The van der Waals surface area contributed by atoms with Crippen LogP contribution in [0.2, 0.25) is 0 Å². The van der Waals surface area contributed by atoms with Gasteiger partial charge in [0.05, 0.1) is 0 Å². The predicted molar refractivity (Wildman–Crippen MR) is 297 cm³/mol. The molecule has 0 spiro atoms. The standard InChI is InChI=1S/C68H70/c1-3-5-7-9-11-13-17-27-51-37-41-55(42-38-51)63-49-68(66-48-60-36-26-24-34-58(60)46-62(66)54-31-21-16-22-32-54)64(56-43-39-52(40-44-56)28-18-14-12-10-8-6-4-2)50-67(63)65-47-59-35-25-23-33-57(59)45-61(65)53-29-19-15-20-30-53/h15-16,19-26,29-50H,3-14,17-18,27-28H2,1-2H3. The Labute approximate surface area is 408 Å². The van der Waals surface area contributed by atoms with Crippen LogP contribution in [0.5, 0.6) is 0 Å². The molecule has 0 radical (unpaired) electrons. The van der Waals surface area contributed by atoms with Crippen molar-refractivity contribution >= 4 is 21.5 Å². The summed E-state index contributed by atoms with van der Waals surface area (Å²) in [6, 6.07) is 73.8. The van der Waals surface area contributed by atoms with Crippen molar-refractivity contribution in [1.29, 1.82) is 0 Å². The molecule has 0 saturated heterocycles. The summed E-state index contributed by atoms with van der Waals surface area (Å²) in [5, 5.41) is 5.01. The smallest absolute Gasteiger partial charge is 0.00923 e. The van der Waals surface area contributed by atoms with Crippen LogP contribution in [0.1, 0.15) is 115 Å². The molecule has 0 heteroatoms. The molecule has 0 aliphatic rings. The van der Waals surface area contributed by atoms with Crippen LogP contribution in [0, 0.1) is 0 Å². The van der Waals surface area contributed by atoms with Crippen molar-refractivity contribution in [2.24, 2.45) is 0 Å². The molecule has 0 aliphatic carbocycles. The lowest BCUT2D eigenvalue weighted by atomic mass is 9.81. The van der Waals surface area contributed by atoms with Crippen LogP contribution in [-0.2, 0) is 12.8 Å². The molecule has 0 amide bonds. The molecule has 9 aromatic rings. The van der Waals surface area contributed by atoms with Crippen LogP contribution in [0.4, 0.5) is 0 Å². The van der Waals surface area contributed by atoms with Crippen molar-refractivity contribution < 1.29 is 0 Å². The van der Waals surface area contributed by atoms with Gasteiger partial charge in [0.25, 0.3) is 0 Å². The number of hydrogen-bond donors (Lipinski definition) is 0. The minimum absolute atomic E-state index is 1.13. The fraction of sp³-hybridized carbons (Fsp3) is 0.265. The Balaban J connectivity index is 1.23. The van der Waals surface area contributed by atoms with Crippen LogP contribution in [0.3, 0.4) is 0 Å². The molecule has 0 bridgehead atoms. The third kappa shape index (κ3) is 11.4. The molecular weight excluding hydrogens is 817 g/mol. The van der Waals surface area contributed by atoms with E-state index < -0.39 is 0 Å². The van der Waals surface area contributed by atoms with Gasteiger partial charge in [-0.2, -0.15) is 0 Å². The average molecular weight is 887 g/mol. The van der Waals surface area contributed by atoms with E-state index in [0.717, 1.165) is 12.8 Å². The molecular formula is C68H70. The molecule has 0 heterocycles. The monoisotopic (exact) mass is 887 g/mol. The van der Waals surface area contributed by atoms with Gasteiger partial charge in [-0.05, 0) is 162 Å². The van der Waals surface area contributed by atoms with Crippen LogP contribution in [-0.4, -0.2) is 0 Å². The highest BCUT2D eigenvalue weighted by Gasteiger charge is 2.22. The van der Waals surface area contributed by atoms with Gasteiger partial charge in [0, 0.05) is 0 Å². The lowest BCUT2D eigenvalue weighted by molar-refractivity contribution is 0.589. The highest BCUT2D eigenvalue weighted by molar-refractivity contribution is 6.05. The Morgan fingerprint density at radius 3 is 0.838 bits per heavy atom. The third-order valence-electron chi connectivity index (χ3n) is 14.3. The quantitative estimate of drug-likeness (QED) is 0.0595. The van der Waals surface area contributed by atoms with E-state index >= 15 is 0 Å². The first kappa shape index (κ1) is 46.6. The molecule has 0 aliphatic heterocycles. The highest BCUT2D eigenvalue weighted by Crippen LogP contribution is 2.48. The van der Waals surface area contributed by atoms with Gasteiger partial charge in [0.1, 0.15) is 0 Å². The maximum Gasteiger partial charge on any atom is -0.00923 e. The van der Waals surface area contributed by atoms with Crippen molar-refractivity contribution in [1.82, 2.24) is 0 Å². The lowest BCUT2D eigenvalue weighted by Gasteiger charge is -2.22. The van der Waals surface area contributed by atoms with E-state index in [0.29, 0.717) is 0 Å². The predicted octanol–water partition coefficient (Wildman–Crippen LogP) is 20.6. The number of aryl methyl sites for hydroxylation is 2. The van der Waals surface area contributed by atoms with Gasteiger partial charge < -0.3 is 0 Å². The van der Waals surface area contributed by atoms with Crippen molar-refractivity contribution in [2.75, 3.05) is 0 Å². The van der Waals surface area contributed by atoms with E-state index in [2.05, 4.69) is 208 Å². The van der Waals surface area contributed by atoms with Gasteiger partial charge in [-0.15, -0.1) is 0 Å². The first-order valence-corrected chi connectivity index (χ1v) is 26.2. The zero-order valence-corrected chi connectivity index (χ0v) is 40.8. The van der Waals surface area contributed by atoms with E-state index in [1.54, 1.807) is 0 Å². The van der Waals surface area contributed by atoms with E-state index in [1.807, 2.05) is 0 Å². The van der Waals surface area contributed by atoms with Gasteiger partial charge in [0.2, 0.25) is 0 Å². The van der Waals surface area contributed by atoms with E-state index in [-0.39, 0.29) is 0 Å². The molecule has 9 rings (SSSR count). The topological polar surface area (TPSA) is 0 Å². The summed E-state index contributed by atoms with van der Waals surface area (Å²) in [6.45, 7) is 4.60. The summed E-state index contributed by atoms with van der Waals surface area (Å²) in [5.74, 6) is 0. The lowest BCUT2D eigenvalue weighted by Crippen LogP contribution is -1.97. The van der Waals surface area contributed by atoms with Crippen LogP contribution < -0.4 is 0 Å². The Kier molecular flexibility index (Phi) is 16.1. The first-order chi connectivity index (χ1) is 33.7. The van der Waals surface area contributed by atoms with Crippen LogP contribution in [0.15, 0.2) is 194 Å². The second-order valence-corrected chi connectivity index (χ2v) is 19.3. The van der Waals surface area contributed by atoms with Gasteiger partial charge in [-0.3, -0.25) is 0 Å². The van der Waals surface area contributed by atoms with Gasteiger partial charge in [-0.25, -0.2) is 0 Å². The molecule has 0 atom stereocenters. The Bertz CT molecular complexity index is 2780. The fourth-order valence-corrected chi connectivity index (χ4v) is 10.4. The SMILES string of the molecule is CCCCCCCCCc1ccc(-c2cc(-c3cc4ccccc4cc3-c3ccccc3)c(-c3ccc(CCCCCCCCC)cc3)cc2-c2cc3ccccc3cc2-c2ccccc2)cc1. The molecule has 0 N–H and O–H groups in total. The molecule has 0 unspecified atom stereocenters. The zero-order chi connectivity index (χ0) is 46.3. The molecule has 0 saturated carbocycles. The minimum atomic E-state index is 1.13. The number of benzene rings is 9. The molecule has 342 valence electrons. The molecule has 9 aromatic carbocycles. The Hall–Kier alpha value is -6.50. The van der Waals surface area contributed by atoms with Gasteiger partial charge >= 0.3 is 0 Å². The van der Waals surface area contributed by atoms with Crippen molar-refractivity contribution in [3.05, 3.63) is 205 Å². The third-order valence-corrected chi connectivity index (χ3v) is 14.3.